The molecule has 1 aliphatic heterocycles. The highest BCUT2D eigenvalue weighted by atomic mass is 28.4. The molecule has 0 N–H and O–H groups in total. The summed E-state index contributed by atoms with van der Waals surface area (Å²) in [5.41, 5.74) is 0.542. The Labute approximate surface area is 328 Å². The molecule has 1 spiro atoms. The molecular formula is C46H66O6Si2. The fraction of sp³-hybridized carbons (Fsp3) is 0.565. The predicted molar refractivity (Wildman–Crippen MR) is 225 cm³/mol. The third-order valence-electron chi connectivity index (χ3n) is 13.0. The number of carbonyl (C=O) groups is 2. The Kier molecular flexibility index (Phi) is 12.3. The van der Waals surface area contributed by atoms with Gasteiger partial charge in [-0.25, -0.2) is 4.79 Å². The average Bonchev–Trinajstić information content (AvgIpc) is 3.39. The van der Waals surface area contributed by atoms with Gasteiger partial charge in [-0.3, -0.25) is 4.79 Å². The first-order valence-corrected chi connectivity index (χ1v) is 24.9. The van der Waals surface area contributed by atoms with Gasteiger partial charge in [-0.2, -0.15) is 0 Å². The molecule has 1 saturated carbocycles. The van der Waals surface area contributed by atoms with Crippen LogP contribution in [0.5, 0.6) is 0 Å². The third-order valence-corrected chi connectivity index (χ3v) is 22.5. The molecule has 54 heavy (non-hydrogen) atoms. The van der Waals surface area contributed by atoms with Crippen molar-refractivity contribution in [3.63, 3.8) is 0 Å². The lowest BCUT2D eigenvalue weighted by Crippen LogP contribution is -2.66. The van der Waals surface area contributed by atoms with Crippen LogP contribution in [0.4, 0.5) is 0 Å². The molecule has 2 aromatic rings. The van der Waals surface area contributed by atoms with E-state index in [1.165, 1.54) is 10.4 Å². The minimum atomic E-state index is -2.83. The maximum atomic E-state index is 14.4. The number of ether oxygens (including phenoxy) is 2. The Morgan fingerprint density at radius 3 is 1.94 bits per heavy atom. The van der Waals surface area contributed by atoms with Crippen molar-refractivity contribution in [1.82, 2.24) is 0 Å². The summed E-state index contributed by atoms with van der Waals surface area (Å²) in [6, 6.07) is 21.4. The van der Waals surface area contributed by atoms with Gasteiger partial charge in [-0.15, -0.1) is 0 Å². The molecule has 0 aromatic heterocycles. The number of benzene rings is 2. The number of carbonyl (C=O) groups excluding carboxylic acids is 2. The summed E-state index contributed by atoms with van der Waals surface area (Å²) in [6.45, 7) is 25.3. The lowest BCUT2D eigenvalue weighted by Gasteiger charge is -2.45. The molecule has 2 aromatic carbocycles. The number of rotatable bonds is 12. The van der Waals surface area contributed by atoms with Crippen molar-refractivity contribution >= 4 is 38.8 Å². The normalized spacial score (nSPS) is 24.0. The van der Waals surface area contributed by atoms with Gasteiger partial charge in [0.15, 0.2) is 25.5 Å². The second kappa shape index (κ2) is 15.8. The summed E-state index contributed by atoms with van der Waals surface area (Å²) >= 11 is 0. The van der Waals surface area contributed by atoms with Gasteiger partial charge < -0.3 is 18.3 Å². The van der Waals surface area contributed by atoms with Crippen molar-refractivity contribution in [2.75, 3.05) is 20.3 Å². The van der Waals surface area contributed by atoms with E-state index in [0.717, 1.165) is 43.3 Å². The van der Waals surface area contributed by atoms with Gasteiger partial charge in [-0.05, 0) is 64.8 Å². The Balaban J connectivity index is 1.62. The van der Waals surface area contributed by atoms with E-state index in [2.05, 4.69) is 141 Å². The van der Waals surface area contributed by atoms with Crippen molar-refractivity contribution in [3.8, 4) is 0 Å². The lowest BCUT2D eigenvalue weighted by atomic mass is 9.68. The standard InChI is InChI=1S/C46H66O6Si2/c1-33(31-50-53(11,12)43(3,4)5)28-36-29-35(32-51-54(44(6,7)8,37-22-16-13-17-23-37)38-24-18-14-19-25-38)34(2)30-46(36)41(49-10)39(42(48)52-46)40(47)45(9)26-20-15-21-27-45/h13-14,16-19,22-25,28-29,34,36H,15,20-21,26-27,30-32H2,1-12H3/b33-28+/t34-,36-,46+/m1/s1. The van der Waals surface area contributed by atoms with Gasteiger partial charge in [0.25, 0.3) is 8.32 Å². The Bertz CT molecular complexity index is 1720. The average molecular weight is 771 g/mol. The van der Waals surface area contributed by atoms with Crippen molar-refractivity contribution in [2.45, 2.75) is 130 Å². The van der Waals surface area contributed by atoms with Crippen LogP contribution in [-0.2, 0) is 27.9 Å². The SMILES string of the molecule is COC1=C(C(=O)C2(C)CCCCC2)C(=O)O[C@]12C[C@@H](C)C(CO[Si](c1ccccc1)(c1ccccc1)C(C)(C)C)=C[C@H]2/C=C(\C)CO[Si](C)(C)C(C)(C)C. The van der Waals surface area contributed by atoms with Crippen LogP contribution in [0.2, 0.25) is 23.2 Å². The highest BCUT2D eigenvalue weighted by Gasteiger charge is 2.59. The molecule has 0 saturated heterocycles. The highest BCUT2D eigenvalue weighted by Crippen LogP contribution is 2.52. The first-order chi connectivity index (χ1) is 25.2. The van der Waals surface area contributed by atoms with E-state index in [1.54, 1.807) is 7.11 Å². The quantitative estimate of drug-likeness (QED) is 0.0927. The molecule has 5 rings (SSSR count). The molecule has 6 nitrogen and oxygen atoms in total. The van der Waals surface area contributed by atoms with Crippen LogP contribution >= 0.6 is 0 Å². The second-order valence-electron chi connectivity index (χ2n) is 19.0. The van der Waals surface area contributed by atoms with Crippen LogP contribution in [-0.4, -0.2) is 54.3 Å². The van der Waals surface area contributed by atoms with Crippen molar-refractivity contribution < 1.29 is 27.9 Å². The number of hydrogen-bond acceptors (Lipinski definition) is 6. The van der Waals surface area contributed by atoms with Gasteiger partial charge in [0.2, 0.25) is 0 Å². The predicted octanol–water partition coefficient (Wildman–Crippen LogP) is 9.85. The zero-order chi connectivity index (χ0) is 39.7. The third kappa shape index (κ3) is 7.96. The van der Waals surface area contributed by atoms with E-state index in [1.807, 2.05) is 6.92 Å². The number of hydrogen-bond donors (Lipinski definition) is 0. The van der Waals surface area contributed by atoms with Crippen LogP contribution in [0.25, 0.3) is 0 Å². The number of methoxy groups -OCH3 is 1. The van der Waals surface area contributed by atoms with Crippen molar-refractivity contribution in [2.24, 2.45) is 17.3 Å². The summed E-state index contributed by atoms with van der Waals surface area (Å²) < 4.78 is 26.8. The first kappa shape index (κ1) is 42.1. The Morgan fingerprint density at radius 1 is 0.889 bits per heavy atom. The fourth-order valence-corrected chi connectivity index (χ4v) is 14.3. The topological polar surface area (TPSA) is 71.1 Å². The number of Topliss-reactive ketones (excluding diaryl/α,β-unsaturated/α-hetero) is 1. The summed E-state index contributed by atoms with van der Waals surface area (Å²) in [7, 11) is -3.28. The molecule has 0 radical (unpaired) electrons. The summed E-state index contributed by atoms with van der Waals surface area (Å²) in [6.07, 6.45) is 9.49. The van der Waals surface area contributed by atoms with E-state index in [9.17, 15) is 9.59 Å². The molecule has 8 heteroatoms. The van der Waals surface area contributed by atoms with Gasteiger partial charge in [-0.1, -0.05) is 153 Å². The molecule has 3 aliphatic rings. The van der Waals surface area contributed by atoms with Crippen molar-refractivity contribution in [1.29, 1.82) is 0 Å². The van der Waals surface area contributed by atoms with E-state index < -0.39 is 39.5 Å². The van der Waals surface area contributed by atoms with Crippen molar-refractivity contribution in [3.05, 3.63) is 95.3 Å². The first-order valence-electron chi connectivity index (χ1n) is 20.1. The smallest absolute Gasteiger partial charge is 0.346 e. The van der Waals surface area contributed by atoms with E-state index in [4.69, 9.17) is 18.3 Å². The second-order valence-corrected chi connectivity index (χ2v) is 28.1. The summed E-state index contributed by atoms with van der Waals surface area (Å²) in [4.78, 5) is 28.4. The van der Waals surface area contributed by atoms with E-state index in [0.29, 0.717) is 25.4 Å². The molecule has 1 fully saturated rings. The largest absolute Gasteiger partial charge is 0.496 e. The van der Waals surface area contributed by atoms with Crippen LogP contribution in [0.3, 0.4) is 0 Å². The van der Waals surface area contributed by atoms with E-state index >= 15 is 0 Å². The molecule has 294 valence electrons. The van der Waals surface area contributed by atoms with Crippen LogP contribution in [0.15, 0.2) is 95.3 Å². The zero-order valence-electron chi connectivity index (χ0n) is 35.2. The van der Waals surface area contributed by atoms with Gasteiger partial charge in [0, 0.05) is 17.8 Å². The lowest BCUT2D eigenvalue weighted by molar-refractivity contribution is -0.153. The number of ketones is 1. The molecule has 3 atom stereocenters. The van der Waals surface area contributed by atoms with Crippen LogP contribution in [0.1, 0.15) is 101 Å². The van der Waals surface area contributed by atoms with Gasteiger partial charge in [0.1, 0.15) is 5.57 Å². The maximum absolute atomic E-state index is 14.4. The molecule has 0 amide bonds. The molecule has 1 heterocycles. The fourth-order valence-electron chi connectivity index (χ4n) is 8.70. The van der Waals surface area contributed by atoms with Gasteiger partial charge in [0.05, 0.1) is 20.3 Å². The van der Waals surface area contributed by atoms with Gasteiger partial charge >= 0.3 is 5.97 Å². The van der Waals surface area contributed by atoms with Crippen LogP contribution < -0.4 is 10.4 Å². The summed E-state index contributed by atoms with van der Waals surface area (Å²) in [5.74, 6) is -0.741. The molecular weight excluding hydrogens is 705 g/mol. The molecule has 0 unspecified atom stereocenters. The minimum absolute atomic E-state index is 0.0191. The Hall–Kier alpha value is -3.05. The summed E-state index contributed by atoms with van der Waals surface area (Å²) in [5, 5.41) is 2.35. The number of esters is 1. The molecule has 0 bridgehead atoms. The Morgan fingerprint density at radius 2 is 1.44 bits per heavy atom. The molecule has 2 aliphatic carbocycles. The maximum Gasteiger partial charge on any atom is 0.346 e. The monoisotopic (exact) mass is 770 g/mol. The highest BCUT2D eigenvalue weighted by molar-refractivity contribution is 6.99. The zero-order valence-corrected chi connectivity index (χ0v) is 37.2. The van der Waals surface area contributed by atoms with Crippen LogP contribution in [0, 0.1) is 17.3 Å². The minimum Gasteiger partial charge on any atom is -0.496 e. The van der Waals surface area contributed by atoms with E-state index in [-0.39, 0.29) is 27.4 Å².